The van der Waals surface area contributed by atoms with Crippen LogP contribution in [0.15, 0.2) is 12.3 Å². The minimum Gasteiger partial charge on any atom is -0.322 e. The maximum Gasteiger partial charge on any atom is 0.474 e. The number of halogens is 3. The Kier molecular flexibility index (Phi) is 3.08. The van der Waals surface area contributed by atoms with E-state index in [0.717, 1.165) is 11.6 Å². The van der Waals surface area contributed by atoms with Crippen LogP contribution in [0.3, 0.4) is 0 Å². The molecule has 0 spiro atoms. The van der Waals surface area contributed by atoms with Gasteiger partial charge in [0.15, 0.2) is 0 Å². The lowest BCUT2D eigenvalue weighted by atomic mass is 10.7. The van der Waals surface area contributed by atoms with Gasteiger partial charge in [-0.05, 0) is 6.92 Å². The first-order valence-corrected chi connectivity index (χ1v) is 2.27. The Morgan fingerprint density at radius 1 is 1.33 bits per heavy atom. The van der Waals surface area contributed by atoms with Crippen LogP contribution in [-0.2, 0) is 0 Å². The highest BCUT2D eigenvalue weighted by molar-refractivity contribution is 4.71. The van der Waals surface area contributed by atoms with Gasteiger partial charge in [0.2, 0.25) is 0 Å². The number of hydrazine groups is 1. The average molecular weight is 140 g/mol. The highest BCUT2D eigenvalue weighted by Crippen LogP contribution is 2.06. The second-order valence-electron chi connectivity index (χ2n) is 1.27. The van der Waals surface area contributed by atoms with Crippen molar-refractivity contribution in [2.75, 3.05) is 0 Å². The molecule has 2 N–H and O–H groups in total. The lowest BCUT2D eigenvalue weighted by Crippen LogP contribution is -2.39. The first kappa shape index (κ1) is 8.29. The largest absolute Gasteiger partial charge is 0.474 e. The van der Waals surface area contributed by atoms with Crippen LogP contribution in [0.5, 0.6) is 0 Å². The zero-order valence-electron chi connectivity index (χ0n) is 4.79. The van der Waals surface area contributed by atoms with Crippen LogP contribution >= 0.6 is 0 Å². The SMILES string of the molecule is C/C=C\NNC(F)(F)F. The fourth-order valence-electron chi connectivity index (χ4n) is 0.207. The summed E-state index contributed by atoms with van der Waals surface area (Å²) in [6.07, 6.45) is -1.77. The van der Waals surface area contributed by atoms with E-state index in [2.05, 4.69) is 0 Å². The topological polar surface area (TPSA) is 24.1 Å². The van der Waals surface area contributed by atoms with Crippen LogP contribution < -0.4 is 10.9 Å². The molecular weight excluding hydrogens is 133 g/mol. The van der Waals surface area contributed by atoms with Crippen LogP contribution in [0.25, 0.3) is 0 Å². The molecule has 0 saturated heterocycles. The number of alkyl halides is 3. The van der Waals surface area contributed by atoms with Crippen molar-refractivity contribution < 1.29 is 13.2 Å². The highest BCUT2D eigenvalue weighted by atomic mass is 19.4. The monoisotopic (exact) mass is 140 g/mol. The molecule has 0 aromatic rings. The summed E-state index contributed by atoms with van der Waals surface area (Å²) in [5.74, 6) is 0. The molecule has 0 heterocycles. The third-order valence-corrected chi connectivity index (χ3v) is 0.464. The van der Waals surface area contributed by atoms with Crippen molar-refractivity contribution in [3.05, 3.63) is 12.3 Å². The molecule has 0 aliphatic heterocycles. The van der Waals surface area contributed by atoms with Crippen LogP contribution in [0.2, 0.25) is 0 Å². The Hall–Kier alpha value is -0.710. The molecule has 2 nitrogen and oxygen atoms in total. The summed E-state index contributed by atoms with van der Waals surface area (Å²) in [6, 6.07) is 0. The third-order valence-electron chi connectivity index (χ3n) is 0.464. The summed E-state index contributed by atoms with van der Waals surface area (Å²) in [5.41, 5.74) is 2.91. The molecule has 0 atom stereocenters. The Morgan fingerprint density at radius 2 is 1.89 bits per heavy atom. The maximum absolute atomic E-state index is 11.2. The number of hydrogen-bond acceptors (Lipinski definition) is 2. The Morgan fingerprint density at radius 3 is 2.22 bits per heavy atom. The zero-order chi connectivity index (χ0) is 7.33. The van der Waals surface area contributed by atoms with Gasteiger partial charge in [0.1, 0.15) is 0 Å². The Balaban J connectivity index is 3.28. The minimum atomic E-state index is -4.36. The number of allylic oxidation sites excluding steroid dienone is 1. The van der Waals surface area contributed by atoms with E-state index in [4.69, 9.17) is 0 Å². The van der Waals surface area contributed by atoms with E-state index in [-0.39, 0.29) is 0 Å². The third kappa shape index (κ3) is 7.29. The predicted octanol–water partition coefficient (Wildman–Crippen LogP) is 1.13. The highest BCUT2D eigenvalue weighted by Gasteiger charge is 2.25. The van der Waals surface area contributed by atoms with Gasteiger partial charge in [0.25, 0.3) is 0 Å². The van der Waals surface area contributed by atoms with Gasteiger partial charge in [-0.1, -0.05) is 6.08 Å². The van der Waals surface area contributed by atoms with Crippen LogP contribution in [0.4, 0.5) is 13.2 Å². The molecular formula is C4H7F3N2. The van der Waals surface area contributed by atoms with Gasteiger partial charge in [-0.15, -0.1) is 5.43 Å². The molecule has 0 aromatic carbocycles. The molecule has 9 heavy (non-hydrogen) atoms. The van der Waals surface area contributed by atoms with Crippen LogP contribution in [0, 0.1) is 0 Å². The van der Waals surface area contributed by atoms with Crippen molar-refractivity contribution in [2.45, 2.75) is 13.2 Å². The van der Waals surface area contributed by atoms with E-state index in [0.29, 0.717) is 0 Å². The van der Waals surface area contributed by atoms with Gasteiger partial charge in [-0.25, -0.2) is 0 Å². The summed E-state index contributed by atoms with van der Waals surface area (Å²) in [5, 5.41) is 0. The molecule has 0 aromatic heterocycles. The van der Waals surface area contributed by atoms with Crippen molar-refractivity contribution in [3.63, 3.8) is 0 Å². The van der Waals surface area contributed by atoms with Crippen molar-refractivity contribution in [3.8, 4) is 0 Å². The summed E-state index contributed by atoms with van der Waals surface area (Å²) < 4.78 is 33.5. The number of hydrogen-bond donors (Lipinski definition) is 2. The van der Waals surface area contributed by atoms with Gasteiger partial charge in [-0.2, -0.15) is 13.2 Å². The molecule has 0 saturated carbocycles. The van der Waals surface area contributed by atoms with Gasteiger partial charge in [0, 0.05) is 6.20 Å². The molecule has 0 rings (SSSR count). The first-order chi connectivity index (χ1) is 4.06. The number of rotatable bonds is 2. The molecule has 0 aliphatic rings. The summed E-state index contributed by atoms with van der Waals surface area (Å²) in [6.45, 7) is 1.60. The van der Waals surface area contributed by atoms with Gasteiger partial charge >= 0.3 is 6.30 Å². The number of nitrogens with one attached hydrogen (secondary N) is 2. The maximum atomic E-state index is 11.2. The summed E-state index contributed by atoms with van der Waals surface area (Å²) in [4.78, 5) is 0. The lowest BCUT2D eigenvalue weighted by Gasteiger charge is -2.06. The smallest absolute Gasteiger partial charge is 0.322 e. The first-order valence-electron chi connectivity index (χ1n) is 2.27. The molecule has 0 radical (unpaired) electrons. The summed E-state index contributed by atoms with van der Waals surface area (Å²) in [7, 11) is 0. The average Bonchev–Trinajstić information content (AvgIpc) is 1.63. The lowest BCUT2D eigenvalue weighted by molar-refractivity contribution is -0.163. The quantitative estimate of drug-likeness (QED) is 0.444. The van der Waals surface area contributed by atoms with Crippen molar-refractivity contribution in [2.24, 2.45) is 0 Å². The van der Waals surface area contributed by atoms with E-state index in [9.17, 15) is 13.2 Å². The van der Waals surface area contributed by atoms with Crippen LogP contribution in [0.1, 0.15) is 6.92 Å². The Labute approximate surface area is 50.7 Å². The van der Waals surface area contributed by atoms with Gasteiger partial charge in [0.05, 0.1) is 0 Å². The van der Waals surface area contributed by atoms with Crippen molar-refractivity contribution in [1.82, 2.24) is 10.9 Å². The fraction of sp³-hybridized carbons (Fsp3) is 0.500. The Bertz CT molecular complexity index is 96.5. The van der Waals surface area contributed by atoms with Gasteiger partial charge in [-0.3, -0.25) is 0 Å². The van der Waals surface area contributed by atoms with E-state index >= 15 is 0 Å². The molecule has 0 aliphatic carbocycles. The second kappa shape index (κ2) is 3.34. The van der Waals surface area contributed by atoms with Crippen LogP contribution in [-0.4, -0.2) is 6.30 Å². The van der Waals surface area contributed by atoms with Gasteiger partial charge < -0.3 is 5.43 Å². The molecule has 54 valence electrons. The van der Waals surface area contributed by atoms with Crippen molar-refractivity contribution in [1.29, 1.82) is 0 Å². The van der Waals surface area contributed by atoms with E-state index in [1.54, 1.807) is 6.92 Å². The van der Waals surface area contributed by atoms with E-state index in [1.807, 2.05) is 5.43 Å². The molecule has 0 unspecified atom stereocenters. The van der Waals surface area contributed by atoms with E-state index in [1.165, 1.54) is 6.08 Å². The summed E-state index contributed by atoms with van der Waals surface area (Å²) >= 11 is 0. The fourth-order valence-corrected chi connectivity index (χ4v) is 0.207. The predicted molar refractivity (Wildman–Crippen MR) is 27.1 cm³/mol. The van der Waals surface area contributed by atoms with E-state index < -0.39 is 6.30 Å². The molecule has 0 fully saturated rings. The minimum absolute atomic E-state index is 1.09. The standard InChI is InChI=1S/C4H7F3N2/c1-2-3-8-9-4(5,6)7/h2-3,8-9H,1H3/b3-2-. The molecule has 0 amide bonds. The normalized spacial score (nSPS) is 12.4. The second-order valence-corrected chi connectivity index (χ2v) is 1.27. The molecule has 5 heteroatoms. The zero-order valence-corrected chi connectivity index (χ0v) is 4.79. The molecule has 0 bridgehead atoms. The van der Waals surface area contributed by atoms with Crippen molar-refractivity contribution >= 4 is 0 Å².